The van der Waals surface area contributed by atoms with Gasteiger partial charge in [0, 0.05) is 12.1 Å². The van der Waals surface area contributed by atoms with Gasteiger partial charge in [-0.25, -0.2) is 4.68 Å². The Hall–Kier alpha value is -1.84. The maximum Gasteiger partial charge on any atom is 0.115 e. The highest BCUT2D eigenvalue weighted by molar-refractivity contribution is 5.59. The third kappa shape index (κ3) is 1.46. The van der Waals surface area contributed by atoms with Crippen molar-refractivity contribution in [3.8, 4) is 17.0 Å². The average Bonchev–Trinajstić information content (AvgIpc) is 2.67. The van der Waals surface area contributed by atoms with Gasteiger partial charge >= 0.3 is 0 Å². The Bertz CT molecular complexity index is 419. The normalized spacial score (nSPS) is 10.4. The summed E-state index contributed by atoms with van der Waals surface area (Å²) in [5.74, 6) is 0.268. The molecular weight excluding hydrogens is 178 g/mol. The molecule has 2 aromatic rings. The molecule has 1 N–H and O–H groups in total. The van der Waals surface area contributed by atoms with Crippen LogP contribution in [-0.4, -0.2) is 20.1 Å². The summed E-state index contributed by atoms with van der Waals surface area (Å²) in [6.07, 6.45) is 1.72. The molecule has 2 rings (SSSR count). The number of nitrogens with zero attached hydrogens (tertiary/aromatic N) is 3. The van der Waals surface area contributed by atoms with Crippen LogP contribution in [0.1, 0.15) is 6.92 Å². The smallest absolute Gasteiger partial charge is 0.115 e. The van der Waals surface area contributed by atoms with Gasteiger partial charge in [-0.05, 0) is 31.2 Å². The molecule has 14 heavy (non-hydrogen) atoms. The van der Waals surface area contributed by atoms with Crippen molar-refractivity contribution < 1.29 is 5.11 Å². The highest BCUT2D eigenvalue weighted by atomic mass is 16.3. The summed E-state index contributed by atoms with van der Waals surface area (Å²) in [5, 5.41) is 16.9. The van der Waals surface area contributed by atoms with Gasteiger partial charge in [-0.1, -0.05) is 5.21 Å². The number of hydrogen-bond donors (Lipinski definition) is 1. The Morgan fingerprint density at radius 3 is 2.64 bits per heavy atom. The maximum atomic E-state index is 9.14. The molecule has 0 atom stereocenters. The number of phenols is 1. The van der Waals surface area contributed by atoms with E-state index in [-0.39, 0.29) is 5.75 Å². The van der Waals surface area contributed by atoms with E-state index in [1.54, 1.807) is 18.3 Å². The minimum Gasteiger partial charge on any atom is -0.508 e. The van der Waals surface area contributed by atoms with Gasteiger partial charge in [0.25, 0.3) is 0 Å². The second-order valence-electron chi connectivity index (χ2n) is 2.98. The predicted octanol–water partition coefficient (Wildman–Crippen LogP) is 1.67. The Labute approximate surface area is 81.8 Å². The number of aromatic hydroxyl groups is 1. The van der Waals surface area contributed by atoms with E-state index in [1.165, 1.54) is 0 Å². The molecule has 1 heterocycles. The van der Waals surface area contributed by atoms with Gasteiger partial charge in [-0.2, -0.15) is 0 Å². The van der Waals surface area contributed by atoms with Crippen LogP contribution in [0.5, 0.6) is 5.75 Å². The molecule has 0 bridgehead atoms. The first-order valence-electron chi connectivity index (χ1n) is 4.49. The summed E-state index contributed by atoms with van der Waals surface area (Å²) in [7, 11) is 0. The first-order valence-corrected chi connectivity index (χ1v) is 4.49. The van der Waals surface area contributed by atoms with E-state index in [0.717, 1.165) is 17.8 Å². The SMILES string of the molecule is CCn1nncc1-c1ccc(O)cc1. The molecule has 0 amide bonds. The van der Waals surface area contributed by atoms with Crippen molar-refractivity contribution in [3.63, 3.8) is 0 Å². The summed E-state index contributed by atoms with van der Waals surface area (Å²) in [6.45, 7) is 2.80. The summed E-state index contributed by atoms with van der Waals surface area (Å²) < 4.78 is 1.81. The first-order chi connectivity index (χ1) is 6.81. The third-order valence-electron chi connectivity index (χ3n) is 2.08. The van der Waals surface area contributed by atoms with Gasteiger partial charge < -0.3 is 5.11 Å². The predicted molar refractivity (Wildman–Crippen MR) is 52.8 cm³/mol. The molecule has 0 aliphatic heterocycles. The Kier molecular flexibility index (Phi) is 2.18. The molecule has 1 aromatic heterocycles. The molecule has 4 heteroatoms. The molecule has 0 aliphatic rings. The van der Waals surface area contributed by atoms with Crippen LogP contribution in [0, 0.1) is 0 Å². The Morgan fingerprint density at radius 2 is 2.00 bits per heavy atom. The molecular formula is C10H11N3O. The maximum absolute atomic E-state index is 9.14. The average molecular weight is 189 g/mol. The number of aryl methyl sites for hydroxylation is 1. The second-order valence-corrected chi connectivity index (χ2v) is 2.98. The molecule has 0 radical (unpaired) electrons. The fourth-order valence-electron chi connectivity index (χ4n) is 1.35. The molecule has 1 aromatic carbocycles. The molecule has 4 nitrogen and oxygen atoms in total. The number of phenolic OH excluding ortho intramolecular Hbond substituents is 1. The lowest BCUT2D eigenvalue weighted by atomic mass is 10.1. The van der Waals surface area contributed by atoms with Crippen molar-refractivity contribution in [3.05, 3.63) is 30.5 Å². The first kappa shape index (κ1) is 8.74. The zero-order valence-corrected chi connectivity index (χ0v) is 7.88. The number of hydrogen-bond acceptors (Lipinski definition) is 3. The standard InChI is InChI=1S/C10H11N3O/c1-2-13-10(7-11-12-13)8-3-5-9(14)6-4-8/h3-7,14H,2H2,1H3. The Morgan fingerprint density at radius 1 is 1.29 bits per heavy atom. The van der Waals surface area contributed by atoms with Crippen LogP contribution in [-0.2, 0) is 6.54 Å². The minimum absolute atomic E-state index is 0.268. The van der Waals surface area contributed by atoms with Gasteiger partial charge in [-0.3, -0.25) is 0 Å². The zero-order chi connectivity index (χ0) is 9.97. The fourth-order valence-corrected chi connectivity index (χ4v) is 1.35. The van der Waals surface area contributed by atoms with E-state index in [2.05, 4.69) is 10.3 Å². The topological polar surface area (TPSA) is 50.9 Å². The number of rotatable bonds is 2. The van der Waals surface area contributed by atoms with Crippen LogP contribution in [0.15, 0.2) is 30.5 Å². The number of aromatic nitrogens is 3. The van der Waals surface area contributed by atoms with Crippen LogP contribution in [0.2, 0.25) is 0 Å². The monoisotopic (exact) mass is 189 g/mol. The number of benzene rings is 1. The van der Waals surface area contributed by atoms with Crippen molar-refractivity contribution in [1.82, 2.24) is 15.0 Å². The van der Waals surface area contributed by atoms with E-state index < -0.39 is 0 Å². The molecule has 0 saturated carbocycles. The molecule has 0 unspecified atom stereocenters. The van der Waals surface area contributed by atoms with E-state index in [0.29, 0.717) is 0 Å². The van der Waals surface area contributed by atoms with Crippen molar-refractivity contribution in [2.75, 3.05) is 0 Å². The summed E-state index contributed by atoms with van der Waals surface area (Å²) >= 11 is 0. The van der Waals surface area contributed by atoms with Gasteiger partial charge in [0.15, 0.2) is 0 Å². The molecule has 0 saturated heterocycles. The molecule has 72 valence electrons. The Balaban J connectivity index is 2.44. The zero-order valence-electron chi connectivity index (χ0n) is 7.88. The lowest BCUT2D eigenvalue weighted by Gasteiger charge is -2.02. The van der Waals surface area contributed by atoms with Crippen molar-refractivity contribution in [1.29, 1.82) is 0 Å². The second kappa shape index (κ2) is 3.49. The van der Waals surface area contributed by atoms with Gasteiger partial charge in [0.05, 0.1) is 11.9 Å². The highest BCUT2D eigenvalue weighted by Gasteiger charge is 2.04. The van der Waals surface area contributed by atoms with Crippen molar-refractivity contribution >= 4 is 0 Å². The molecule has 0 aliphatic carbocycles. The lowest BCUT2D eigenvalue weighted by molar-refractivity contribution is 0.475. The van der Waals surface area contributed by atoms with E-state index >= 15 is 0 Å². The van der Waals surface area contributed by atoms with Crippen LogP contribution in [0.3, 0.4) is 0 Å². The van der Waals surface area contributed by atoms with E-state index in [9.17, 15) is 0 Å². The van der Waals surface area contributed by atoms with Crippen molar-refractivity contribution in [2.24, 2.45) is 0 Å². The van der Waals surface area contributed by atoms with Crippen LogP contribution >= 0.6 is 0 Å². The summed E-state index contributed by atoms with van der Waals surface area (Å²) in [4.78, 5) is 0. The third-order valence-corrected chi connectivity index (χ3v) is 2.08. The minimum atomic E-state index is 0.268. The van der Waals surface area contributed by atoms with Crippen LogP contribution in [0.4, 0.5) is 0 Å². The highest BCUT2D eigenvalue weighted by Crippen LogP contribution is 2.20. The van der Waals surface area contributed by atoms with Crippen molar-refractivity contribution in [2.45, 2.75) is 13.5 Å². The lowest BCUT2D eigenvalue weighted by Crippen LogP contribution is -1.98. The van der Waals surface area contributed by atoms with Gasteiger partial charge in [-0.15, -0.1) is 5.10 Å². The van der Waals surface area contributed by atoms with Gasteiger partial charge in [0.1, 0.15) is 5.75 Å². The molecule has 0 fully saturated rings. The largest absolute Gasteiger partial charge is 0.508 e. The van der Waals surface area contributed by atoms with E-state index in [1.807, 2.05) is 23.7 Å². The quantitative estimate of drug-likeness (QED) is 0.781. The molecule has 0 spiro atoms. The van der Waals surface area contributed by atoms with Crippen LogP contribution < -0.4 is 0 Å². The summed E-state index contributed by atoms with van der Waals surface area (Å²) in [5.41, 5.74) is 1.97. The van der Waals surface area contributed by atoms with E-state index in [4.69, 9.17) is 5.11 Å². The fraction of sp³-hybridized carbons (Fsp3) is 0.200. The summed E-state index contributed by atoms with van der Waals surface area (Å²) in [6, 6.07) is 7.01. The van der Waals surface area contributed by atoms with Crippen LogP contribution in [0.25, 0.3) is 11.3 Å². The van der Waals surface area contributed by atoms with Gasteiger partial charge in [0.2, 0.25) is 0 Å².